The molecule has 0 amide bonds. The minimum atomic E-state index is -0.216. The van der Waals surface area contributed by atoms with Crippen LogP contribution < -0.4 is 16.2 Å². The van der Waals surface area contributed by atoms with Gasteiger partial charge in [0.15, 0.2) is 5.16 Å². The van der Waals surface area contributed by atoms with E-state index in [4.69, 9.17) is 10.5 Å². The molecule has 2 aromatic heterocycles. The SMILES string of the molecule is CCCn1c(Sc2ccc(N)c(OC)n2)n[nH]c1=O. The molecule has 0 spiro atoms. The fourth-order valence-corrected chi connectivity index (χ4v) is 2.38. The lowest BCUT2D eigenvalue weighted by atomic mass is 10.4. The largest absolute Gasteiger partial charge is 0.480 e. The summed E-state index contributed by atoms with van der Waals surface area (Å²) in [5.41, 5.74) is 5.96. The van der Waals surface area contributed by atoms with E-state index in [-0.39, 0.29) is 5.69 Å². The van der Waals surface area contributed by atoms with Crippen molar-refractivity contribution in [2.75, 3.05) is 12.8 Å². The van der Waals surface area contributed by atoms with E-state index < -0.39 is 0 Å². The summed E-state index contributed by atoms with van der Waals surface area (Å²) < 4.78 is 6.64. The number of H-pyrrole nitrogens is 1. The first-order chi connectivity index (χ1) is 9.15. The Labute approximate surface area is 114 Å². The van der Waals surface area contributed by atoms with Crippen LogP contribution >= 0.6 is 11.8 Å². The average molecular weight is 281 g/mol. The number of rotatable bonds is 5. The van der Waals surface area contributed by atoms with Gasteiger partial charge in [-0.15, -0.1) is 5.10 Å². The number of ether oxygens (including phenoxy) is 1. The van der Waals surface area contributed by atoms with Crippen LogP contribution in [0.3, 0.4) is 0 Å². The summed E-state index contributed by atoms with van der Waals surface area (Å²) in [6.07, 6.45) is 0.853. The molecule has 0 aromatic carbocycles. The predicted octanol–water partition coefficient (Wildman–Crippen LogP) is 1.12. The van der Waals surface area contributed by atoms with Crippen LogP contribution in [0.25, 0.3) is 0 Å². The second-order valence-electron chi connectivity index (χ2n) is 3.81. The second kappa shape index (κ2) is 5.79. The van der Waals surface area contributed by atoms with Crippen molar-refractivity contribution >= 4 is 17.4 Å². The van der Waals surface area contributed by atoms with E-state index in [0.717, 1.165) is 6.42 Å². The number of hydrogen-bond donors (Lipinski definition) is 2. The van der Waals surface area contributed by atoms with Gasteiger partial charge in [0.25, 0.3) is 0 Å². The van der Waals surface area contributed by atoms with Gasteiger partial charge in [0.2, 0.25) is 5.88 Å². The highest BCUT2D eigenvalue weighted by molar-refractivity contribution is 7.99. The molecular formula is C11H15N5O2S. The number of methoxy groups -OCH3 is 1. The van der Waals surface area contributed by atoms with Crippen LogP contribution in [0.5, 0.6) is 5.88 Å². The van der Waals surface area contributed by atoms with E-state index in [1.165, 1.54) is 18.9 Å². The summed E-state index contributed by atoms with van der Waals surface area (Å²) in [4.78, 5) is 15.8. The van der Waals surface area contributed by atoms with Crippen LogP contribution in [0.4, 0.5) is 5.69 Å². The van der Waals surface area contributed by atoms with Gasteiger partial charge in [-0.1, -0.05) is 6.92 Å². The van der Waals surface area contributed by atoms with Gasteiger partial charge in [-0.05, 0) is 30.3 Å². The number of nitrogens with two attached hydrogens (primary N) is 1. The maximum atomic E-state index is 11.6. The van der Waals surface area contributed by atoms with Crippen molar-refractivity contribution in [3.05, 3.63) is 22.6 Å². The lowest BCUT2D eigenvalue weighted by molar-refractivity contribution is 0.397. The fraction of sp³-hybridized carbons (Fsp3) is 0.364. The minimum absolute atomic E-state index is 0.216. The number of anilines is 1. The number of aromatic amines is 1. The van der Waals surface area contributed by atoms with E-state index in [1.54, 1.807) is 16.7 Å². The predicted molar refractivity (Wildman–Crippen MR) is 72.5 cm³/mol. The Kier molecular flexibility index (Phi) is 4.10. The molecular weight excluding hydrogens is 266 g/mol. The first-order valence-electron chi connectivity index (χ1n) is 5.79. The standard InChI is InChI=1S/C11H15N5O2S/c1-3-6-16-10(17)14-15-11(16)19-8-5-4-7(12)9(13-8)18-2/h4-5H,3,6,12H2,1-2H3,(H,14,17). The summed E-state index contributed by atoms with van der Waals surface area (Å²) >= 11 is 1.29. The molecule has 0 aliphatic carbocycles. The molecule has 0 atom stereocenters. The van der Waals surface area contributed by atoms with Gasteiger partial charge >= 0.3 is 5.69 Å². The molecule has 0 saturated heterocycles. The molecule has 0 fully saturated rings. The first-order valence-corrected chi connectivity index (χ1v) is 6.61. The number of hydrogen-bond acceptors (Lipinski definition) is 6. The molecule has 19 heavy (non-hydrogen) atoms. The molecule has 3 N–H and O–H groups in total. The van der Waals surface area contributed by atoms with Crippen molar-refractivity contribution in [3.63, 3.8) is 0 Å². The zero-order valence-electron chi connectivity index (χ0n) is 10.7. The van der Waals surface area contributed by atoms with Gasteiger partial charge in [-0.3, -0.25) is 4.57 Å². The summed E-state index contributed by atoms with van der Waals surface area (Å²) in [6.45, 7) is 2.61. The highest BCUT2D eigenvalue weighted by Crippen LogP contribution is 2.27. The first kappa shape index (κ1) is 13.5. The van der Waals surface area contributed by atoms with Gasteiger partial charge in [0, 0.05) is 6.54 Å². The Morgan fingerprint density at radius 1 is 1.53 bits per heavy atom. The quantitative estimate of drug-likeness (QED) is 0.852. The fourth-order valence-electron chi connectivity index (χ4n) is 1.55. The van der Waals surface area contributed by atoms with Gasteiger partial charge in [0.05, 0.1) is 12.8 Å². The third-order valence-electron chi connectivity index (χ3n) is 2.42. The van der Waals surface area contributed by atoms with E-state index in [2.05, 4.69) is 15.2 Å². The molecule has 0 saturated carbocycles. The Balaban J connectivity index is 2.28. The molecule has 2 rings (SSSR count). The van der Waals surface area contributed by atoms with Crippen LogP contribution in [0, 0.1) is 0 Å². The Morgan fingerprint density at radius 3 is 3.00 bits per heavy atom. The number of aromatic nitrogens is 4. The number of nitrogen functional groups attached to an aromatic ring is 1. The zero-order valence-corrected chi connectivity index (χ0v) is 11.5. The molecule has 0 bridgehead atoms. The minimum Gasteiger partial charge on any atom is -0.480 e. The van der Waals surface area contributed by atoms with Crippen molar-refractivity contribution in [3.8, 4) is 5.88 Å². The lowest BCUT2D eigenvalue weighted by Crippen LogP contribution is -2.17. The van der Waals surface area contributed by atoms with Gasteiger partial charge in [-0.2, -0.15) is 0 Å². The summed E-state index contributed by atoms with van der Waals surface area (Å²) in [5, 5.41) is 7.66. The topological polar surface area (TPSA) is 98.8 Å². The van der Waals surface area contributed by atoms with Crippen LogP contribution in [0.15, 0.2) is 27.1 Å². The normalized spacial score (nSPS) is 10.6. The van der Waals surface area contributed by atoms with E-state index in [1.807, 2.05) is 6.92 Å². The lowest BCUT2D eigenvalue weighted by Gasteiger charge is -2.06. The maximum Gasteiger partial charge on any atom is 0.343 e. The van der Waals surface area contributed by atoms with Crippen molar-refractivity contribution in [1.29, 1.82) is 0 Å². The van der Waals surface area contributed by atoms with E-state index >= 15 is 0 Å². The summed E-state index contributed by atoms with van der Waals surface area (Å²) in [7, 11) is 1.51. The zero-order chi connectivity index (χ0) is 13.8. The summed E-state index contributed by atoms with van der Waals surface area (Å²) in [5.74, 6) is 0.366. The molecule has 2 heterocycles. The molecule has 0 radical (unpaired) electrons. The molecule has 2 aromatic rings. The van der Waals surface area contributed by atoms with Gasteiger partial charge in [-0.25, -0.2) is 14.9 Å². The number of nitrogens with one attached hydrogen (secondary N) is 1. The third-order valence-corrected chi connectivity index (χ3v) is 3.35. The second-order valence-corrected chi connectivity index (χ2v) is 4.80. The number of pyridine rings is 1. The third kappa shape index (κ3) is 2.90. The van der Waals surface area contributed by atoms with Crippen LogP contribution in [0.2, 0.25) is 0 Å². The van der Waals surface area contributed by atoms with Crippen molar-refractivity contribution in [2.45, 2.75) is 30.1 Å². The highest BCUT2D eigenvalue weighted by atomic mass is 32.2. The Bertz CT molecular complexity index is 622. The van der Waals surface area contributed by atoms with Crippen molar-refractivity contribution in [1.82, 2.24) is 19.7 Å². The van der Waals surface area contributed by atoms with Crippen molar-refractivity contribution < 1.29 is 4.74 Å². The number of nitrogens with zero attached hydrogens (tertiary/aromatic N) is 3. The van der Waals surface area contributed by atoms with Gasteiger partial charge in [0.1, 0.15) is 5.03 Å². The molecule has 0 aliphatic heterocycles. The van der Waals surface area contributed by atoms with Crippen molar-refractivity contribution in [2.24, 2.45) is 0 Å². The molecule has 0 unspecified atom stereocenters. The van der Waals surface area contributed by atoms with E-state index in [0.29, 0.717) is 28.3 Å². The van der Waals surface area contributed by atoms with E-state index in [9.17, 15) is 4.79 Å². The van der Waals surface area contributed by atoms with Crippen LogP contribution in [-0.4, -0.2) is 26.9 Å². The van der Waals surface area contributed by atoms with Gasteiger partial charge < -0.3 is 10.5 Å². The Morgan fingerprint density at radius 2 is 2.32 bits per heavy atom. The smallest absolute Gasteiger partial charge is 0.343 e. The molecule has 7 nitrogen and oxygen atoms in total. The maximum absolute atomic E-state index is 11.6. The monoisotopic (exact) mass is 281 g/mol. The highest BCUT2D eigenvalue weighted by Gasteiger charge is 2.11. The molecule has 102 valence electrons. The van der Waals surface area contributed by atoms with Crippen LogP contribution in [-0.2, 0) is 6.54 Å². The average Bonchev–Trinajstić information content (AvgIpc) is 2.74. The molecule has 8 heteroatoms. The molecule has 0 aliphatic rings. The Hall–Kier alpha value is -1.96. The summed E-state index contributed by atoms with van der Waals surface area (Å²) in [6, 6.07) is 3.47. The van der Waals surface area contributed by atoms with Crippen LogP contribution in [0.1, 0.15) is 13.3 Å².